The summed E-state index contributed by atoms with van der Waals surface area (Å²) >= 11 is 0. The van der Waals surface area contributed by atoms with Gasteiger partial charge in [0.05, 0.1) is 31.3 Å². The molecule has 4 saturated carbocycles. The van der Waals surface area contributed by atoms with Crippen molar-refractivity contribution in [3.05, 3.63) is 11.6 Å². The lowest BCUT2D eigenvalue weighted by Crippen LogP contribution is -2.68. The number of aliphatic hydroxyl groups excluding tert-OH is 12. The van der Waals surface area contributed by atoms with Gasteiger partial charge in [0.1, 0.15) is 85.5 Å². The van der Waals surface area contributed by atoms with Crippen LogP contribution in [0.3, 0.4) is 0 Å². The van der Waals surface area contributed by atoms with Crippen LogP contribution in [0.5, 0.6) is 0 Å². The van der Waals surface area contributed by atoms with Gasteiger partial charge in [0.15, 0.2) is 25.0 Å². The molecule has 0 bridgehead atoms. The monoisotopic (exact) mass is 1090 g/mol. The number of carbonyl (C=O) groups excluding carboxylic acids is 1. The van der Waals surface area contributed by atoms with Crippen molar-refractivity contribution in [3.63, 3.8) is 0 Å². The Hall–Kier alpha value is -2.08. The smallest absolute Gasteiger partial charge is 0.335 e. The third kappa shape index (κ3) is 9.42. The van der Waals surface area contributed by atoms with Gasteiger partial charge in [-0.2, -0.15) is 0 Å². The highest BCUT2D eigenvalue weighted by Crippen LogP contribution is 2.76. The first-order valence-electron chi connectivity index (χ1n) is 27.2. The second-order valence-electron chi connectivity index (χ2n) is 25.9. The average Bonchev–Trinajstić information content (AvgIpc) is 3.54. The van der Waals surface area contributed by atoms with Crippen molar-refractivity contribution >= 4 is 11.9 Å². The molecule has 0 radical (unpaired) electrons. The van der Waals surface area contributed by atoms with E-state index >= 15 is 0 Å². The van der Waals surface area contributed by atoms with Crippen molar-refractivity contribution in [1.29, 1.82) is 0 Å². The van der Waals surface area contributed by atoms with Gasteiger partial charge in [-0.05, 0) is 109 Å². The fraction of sp³-hybridized carbons (Fsp3) is 0.925. The van der Waals surface area contributed by atoms with Crippen molar-refractivity contribution in [1.82, 2.24) is 0 Å². The van der Waals surface area contributed by atoms with E-state index in [0.29, 0.717) is 38.5 Å². The van der Waals surface area contributed by atoms with Gasteiger partial charge in [-0.1, -0.05) is 60.1 Å². The van der Waals surface area contributed by atoms with Crippen molar-refractivity contribution < 1.29 is 114 Å². The predicted molar refractivity (Wildman–Crippen MR) is 257 cm³/mol. The quantitative estimate of drug-likeness (QED) is 0.0649. The molecule has 434 valence electrons. The van der Waals surface area contributed by atoms with E-state index in [9.17, 15) is 76.0 Å². The van der Waals surface area contributed by atoms with Crippen LogP contribution in [0.15, 0.2) is 11.6 Å². The minimum atomic E-state index is -2.00. The molecule has 0 amide bonds. The summed E-state index contributed by atoms with van der Waals surface area (Å²) in [5.74, 6) is -2.17. The predicted octanol–water partition coefficient (Wildman–Crippen LogP) is -1.30. The van der Waals surface area contributed by atoms with Crippen LogP contribution >= 0.6 is 0 Å². The number of hydrogen-bond donors (Lipinski definition) is 13. The summed E-state index contributed by atoms with van der Waals surface area (Å²) < 4.78 is 47.5. The van der Waals surface area contributed by atoms with E-state index in [4.69, 9.17) is 37.9 Å². The zero-order valence-electron chi connectivity index (χ0n) is 44.4. The van der Waals surface area contributed by atoms with E-state index in [1.807, 2.05) is 0 Å². The molecule has 0 aromatic heterocycles. The number of rotatable bonds is 11. The number of aliphatic hydroxyl groups is 12. The van der Waals surface area contributed by atoms with Crippen LogP contribution in [0.2, 0.25) is 0 Å². The molecule has 76 heavy (non-hydrogen) atoms. The Bertz CT molecular complexity index is 2140. The number of esters is 1. The molecule has 9 aliphatic rings. The lowest BCUT2D eigenvalue weighted by molar-refractivity contribution is -0.381. The van der Waals surface area contributed by atoms with Crippen LogP contribution < -0.4 is 0 Å². The molecule has 23 heteroatoms. The standard InChI is InChI=1S/C53H84O23/c1-48(2)14-16-53(47(68)76-45-37(63)34(60)31(57)25(20-55)72-45)17-15-51(6)22(23(53)18-48)8-9-28-50(5)12-11-29(49(3,4)27(50)10-13-52(28,51)7)73-46-40(74-44-36(62)33(59)30(56)24(19-54)71-44)38(64)39(41(75-46)42(65)66)70-26-21-69-43(67)35(61)32(26)58/h8,23-41,43-46,54-64,67H,9-21H2,1-7H3,(H,65,66). The van der Waals surface area contributed by atoms with E-state index in [0.717, 1.165) is 25.7 Å². The SMILES string of the molecule is CC1(C)CCC2(C(=O)OC3OC(CO)C(O)C(O)C3O)CCC3(C)C(=CCC4C5(C)CCC(OC6OC(C(=O)O)C(OC7COC(O)C(O)C7O)C(O)C6OC6OC(CO)C(O)C(O)C6O)C(C)(C)C5CCC43C)C2C1. The Kier molecular flexibility index (Phi) is 16.2. The molecule has 0 spiro atoms. The Morgan fingerprint density at radius 3 is 1.87 bits per heavy atom. The third-order valence-electron chi connectivity index (χ3n) is 21.0. The van der Waals surface area contributed by atoms with Crippen molar-refractivity contribution in [2.45, 2.75) is 235 Å². The number of allylic oxidation sites excluding steroid dienone is 2. The van der Waals surface area contributed by atoms with Crippen molar-refractivity contribution in [2.24, 2.45) is 50.2 Å². The van der Waals surface area contributed by atoms with Crippen LogP contribution in [0.1, 0.15) is 113 Å². The molecule has 5 aliphatic carbocycles. The maximum absolute atomic E-state index is 14.8. The topological polar surface area (TPSA) is 371 Å². The molecule has 27 unspecified atom stereocenters. The number of carboxylic acids is 1. The Morgan fingerprint density at radius 2 is 1.24 bits per heavy atom. The van der Waals surface area contributed by atoms with Gasteiger partial charge in [-0.3, -0.25) is 4.79 Å². The maximum atomic E-state index is 14.8. The molecular formula is C53H84O23. The number of carboxylic acid groups (broad SMARTS) is 1. The van der Waals surface area contributed by atoms with Gasteiger partial charge in [-0.25, -0.2) is 4.79 Å². The van der Waals surface area contributed by atoms with Crippen LogP contribution in [0.25, 0.3) is 0 Å². The molecule has 27 atom stereocenters. The van der Waals surface area contributed by atoms with E-state index < -0.39 is 165 Å². The number of fused-ring (bicyclic) bond motifs is 7. The largest absolute Gasteiger partial charge is 0.479 e. The zero-order valence-corrected chi connectivity index (χ0v) is 44.4. The van der Waals surface area contributed by atoms with Crippen LogP contribution in [-0.2, 0) is 47.5 Å². The Morgan fingerprint density at radius 1 is 0.618 bits per heavy atom. The lowest BCUT2D eigenvalue weighted by atomic mass is 9.33. The number of aliphatic carboxylic acids is 1. The fourth-order valence-corrected chi connectivity index (χ4v) is 16.2. The minimum absolute atomic E-state index is 0.0134. The molecule has 8 fully saturated rings. The van der Waals surface area contributed by atoms with E-state index in [2.05, 4.69) is 54.5 Å². The highest BCUT2D eigenvalue weighted by Gasteiger charge is 2.70. The molecule has 0 aromatic rings. The van der Waals surface area contributed by atoms with Gasteiger partial charge in [0, 0.05) is 0 Å². The van der Waals surface area contributed by atoms with E-state index in [1.54, 1.807) is 0 Å². The van der Waals surface area contributed by atoms with E-state index in [1.165, 1.54) is 5.57 Å². The first-order valence-corrected chi connectivity index (χ1v) is 27.2. The average molecular weight is 1090 g/mol. The van der Waals surface area contributed by atoms with Crippen LogP contribution in [0.4, 0.5) is 0 Å². The summed E-state index contributed by atoms with van der Waals surface area (Å²) in [5.41, 5.74) is -1.39. The molecule has 0 aromatic carbocycles. The summed E-state index contributed by atoms with van der Waals surface area (Å²) in [7, 11) is 0. The maximum Gasteiger partial charge on any atom is 0.335 e. The number of hydrogen-bond acceptors (Lipinski definition) is 22. The van der Waals surface area contributed by atoms with Crippen LogP contribution in [0, 0.1) is 50.2 Å². The summed E-state index contributed by atoms with van der Waals surface area (Å²) in [6, 6.07) is 0. The van der Waals surface area contributed by atoms with Gasteiger partial charge >= 0.3 is 11.9 Å². The molecule has 4 aliphatic heterocycles. The first kappa shape index (κ1) is 58.6. The van der Waals surface area contributed by atoms with Gasteiger partial charge in [-0.15, -0.1) is 0 Å². The summed E-state index contributed by atoms with van der Waals surface area (Å²) in [6.45, 7) is 13.7. The van der Waals surface area contributed by atoms with Gasteiger partial charge in [0.25, 0.3) is 0 Å². The first-order chi connectivity index (χ1) is 35.5. The zero-order chi connectivity index (χ0) is 55.6. The normalized spacial score (nSPS) is 52.9. The number of ether oxygens (including phenoxy) is 8. The van der Waals surface area contributed by atoms with Crippen molar-refractivity contribution in [3.8, 4) is 0 Å². The summed E-state index contributed by atoms with van der Waals surface area (Å²) in [4.78, 5) is 27.8. The second kappa shape index (κ2) is 21.0. The fourth-order valence-electron chi connectivity index (χ4n) is 16.2. The summed E-state index contributed by atoms with van der Waals surface area (Å²) in [5, 5.41) is 138. The second-order valence-corrected chi connectivity index (χ2v) is 25.9. The molecule has 13 N–H and O–H groups in total. The van der Waals surface area contributed by atoms with Gasteiger partial charge < -0.3 is 104 Å². The summed E-state index contributed by atoms with van der Waals surface area (Å²) in [6.07, 6.45) is -24.7. The molecule has 4 heterocycles. The minimum Gasteiger partial charge on any atom is -0.479 e. The van der Waals surface area contributed by atoms with Gasteiger partial charge in [0.2, 0.25) is 6.29 Å². The molecular weight excluding hydrogens is 1000 g/mol. The molecule has 4 saturated heterocycles. The van der Waals surface area contributed by atoms with Crippen LogP contribution in [-0.4, -0.2) is 221 Å². The highest BCUT2D eigenvalue weighted by molar-refractivity contribution is 5.79. The number of carbonyl (C=O) groups is 2. The van der Waals surface area contributed by atoms with Crippen molar-refractivity contribution in [2.75, 3.05) is 19.8 Å². The van der Waals surface area contributed by atoms with E-state index in [-0.39, 0.29) is 39.4 Å². The third-order valence-corrected chi connectivity index (χ3v) is 21.0. The highest BCUT2D eigenvalue weighted by atomic mass is 16.8. The Balaban J connectivity index is 0.983. The lowest BCUT2D eigenvalue weighted by Gasteiger charge is -2.71. The Labute approximate surface area is 442 Å². The molecule has 9 rings (SSSR count). The molecule has 23 nitrogen and oxygen atoms in total.